The summed E-state index contributed by atoms with van der Waals surface area (Å²) in [7, 11) is 2.05. The summed E-state index contributed by atoms with van der Waals surface area (Å²) >= 11 is 0. The van der Waals surface area contributed by atoms with Crippen LogP contribution < -0.4 is 4.74 Å². The van der Waals surface area contributed by atoms with E-state index >= 15 is 0 Å². The number of carbonyl (C=O) groups is 1. The molecule has 0 radical (unpaired) electrons. The fourth-order valence-corrected chi connectivity index (χ4v) is 2.72. The third-order valence-electron chi connectivity index (χ3n) is 3.70. The van der Waals surface area contributed by atoms with E-state index < -0.39 is 0 Å². The van der Waals surface area contributed by atoms with Crippen LogP contribution >= 0.6 is 0 Å². The minimum absolute atomic E-state index is 0.0756. The van der Waals surface area contributed by atoms with E-state index in [0.29, 0.717) is 18.8 Å². The Bertz CT molecular complexity index is 539. The molecule has 21 heavy (non-hydrogen) atoms. The molecule has 0 bridgehead atoms. The van der Waals surface area contributed by atoms with Crippen molar-refractivity contribution in [2.24, 2.45) is 0 Å². The molecule has 0 aliphatic carbocycles. The zero-order chi connectivity index (χ0) is 15.4. The highest BCUT2D eigenvalue weighted by Gasteiger charge is 2.27. The lowest BCUT2D eigenvalue weighted by atomic mass is 9.91. The van der Waals surface area contributed by atoms with Crippen LogP contribution in [0.4, 0.5) is 0 Å². The quantitative estimate of drug-likeness (QED) is 0.617. The Morgan fingerprint density at radius 2 is 2.24 bits per heavy atom. The van der Waals surface area contributed by atoms with Crippen molar-refractivity contribution in [3.05, 3.63) is 41.7 Å². The van der Waals surface area contributed by atoms with E-state index in [9.17, 15) is 4.79 Å². The van der Waals surface area contributed by atoms with Crippen LogP contribution in [0, 0.1) is 0 Å². The summed E-state index contributed by atoms with van der Waals surface area (Å²) in [4.78, 5) is 14.0. The molecule has 1 heterocycles. The Balaban J connectivity index is 2.22. The molecule has 1 aromatic rings. The van der Waals surface area contributed by atoms with Crippen LogP contribution in [0.25, 0.3) is 0 Å². The van der Waals surface area contributed by atoms with Crippen LogP contribution in [0.5, 0.6) is 5.75 Å². The van der Waals surface area contributed by atoms with Crippen LogP contribution in [0.3, 0.4) is 0 Å². The molecule has 0 fully saturated rings. The summed E-state index contributed by atoms with van der Waals surface area (Å²) in [5, 5.41) is 0. The molecule has 0 N–H and O–H groups in total. The lowest BCUT2D eigenvalue weighted by Gasteiger charge is -2.34. The molecular weight excluding hydrogens is 266 g/mol. The van der Waals surface area contributed by atoms with Gasteiger partial charge in [-0.3, -0.25) is 9.69 Å². The number of ether oxygens (including phenoxy) is 2. The van der Waals surface area contributed by atoms with E-state index in [1.807, 2.05) is 33.0 Å². The zero-order valence-electron chi connectivity index (χ0n) is 13.0. The molecule has 1 aromatic carbocycles. The Hall–Kier alpha value is -1.81. The summed E-state index contributed by atoms with van der Waals surface area (Å²) in [6, 6.07) is 6.11. The van der Waals surface area contributed by atoms with E-state index in [-0.39, 0.29) is 12.0 Å². The van der Waals surface area contributed by atoms with Crippen molar-refractivity contribution in [3.8, 4) is 5.75 Å². The minimum atomic E-state index is -0.149. The van der Waals surface area contributed by atoms with E-state index in [1.54, 1.807) is 0 Å². The van der Waals surface area contributed by atoms with Gasteiger partial charge in [0.25, 0.3) is 0 Å². The van der Waals surface area contributed by atoms with Gasteiger partial charge in [0.1, 0.15) is 5.75 Å². The summed E-state index contributed by atoms with van der Waals surface area (Å²) < 4.78 is 10.6. The number of carbonyl (C=O) groups excluding carboxylic acids is 1. The largest absolute Gasteiger partial charge is 0.466 e. The number of likely N-dealkylation sites (N-methyl/N-ethyl adjacent to an activating group) is 1. The van der Waals surface area contributed by atoms with Crippen LogP contribution in [-0.4, -0.2) is 31.1 Å². The van der Waals surface area contributed by atoms with Crippen molar-refractivity contribution in [1.29, 1.82) is 0 Å². The van der Waals surface area contributed by atoms with Gasteiger partial charge in [0.15, 0.2) is 0 Å². The van der Waals surface area contributed by atoms with Crippen molar-refractivity contribution < 1.29 is 14.3 Å². The van der Waals surface area contributed by atoms with Gasteiger partial charge < -0.3 is 9.47 Å². The van der Waals surface area contributed by atoms with Gasteiger partial charge in [0.05, 0.1) is 18.8 Å². The Kier molecular flexibility index (Phi) is 5.02. The van der Waals surface area contributed by atoms with Crippen molar-refractivity contribution in [2.45, 2.75) is 32.7 Å². The standard InChI is InChI=1S/C17H23NO3/c1-5-20-17(19)11-16-15-7-6-14(21-12(2)3)10-13(15)8-9-18(16)4/h6-7,10,16H,2,5,8-9,11H2,1,3-4H3. The maximum Gasteiger partial charge on any atom is 0.307 e. The van der Waals surface area contributed by atoms with Gasteiger partial charge >= 0.3 is 5.97 Å². The van der Waals surface area contributed by atoms with Gasteiger partial charge in [0, 0.05) is 12.6 Å². The van der Waals surface area contributed by atoms with E-state index in [0.717, 1.165) is 18.7 Å². The van der Waals surface area contributed by atoms with E-state index in [4.69, 9.17) is 9.47 Å². The smallest absolute Gasteiger partial charge is 0.307 e. The van der Waals surface area contributed by atoms with Gasteiger partial charge in [0.2, 0.25) is 0 Å². The second-order valence-electron chi connectivity index (χ2n) is 5.42. The molecule has 4 nitrogen and oxygen atoms in total. The monoisotopic (exact) mass is 289 g/mol. The molecule has 1 aliphatic heterocycles. The predicted molar refractivity (Wildman–Crippen MR) is 82.2 cm³/mol. The van der Waals surface area contributed by atoms with Crippen LogP contribution in [-0.2, 0) is 16.0 Å². The van der Waals surface area contributed by atoms with Gasteiger partial charge in [-0.25, -0.2) is 0 Å². The summed E-state index contributed by atoms with van der Waals surface area (Å²) in [5.41, 5.74) is 2.42. The topological polar surface area (TPSA) is 38.8 Å². The minimum Gasteiger partial charge on any atom is -0.466 e. The molecular formula is C17H23NO3. The number of benzene rings is 1. The first kappa shape index (κ1) is 15.6. The summed E-state index contributed by atoms with van der Waals surface area (Å²) in [6.07, 6.45) is 1.34. The first-order valence-electron chi connectivity index (χ1n) is 7.33. The van der Waals surface area contributed by atoms with Crippen molar-refractivity contribution in [3.63, 3.8) is 0 Å². The van der Waals surface area contributed by atoms with Crippen molar-refractivity contribution in [2.75, 3.05) is 20.2 Å². The molecule has 4 heteroatoms. The number of fused-ring (bicyclic) bond motifs is 1. The molecule has 2 rings (SSSR count). The van der Waals surface area contributed by atoms with Gasteiger partial charge in [-0.05, 0) is 50.6 Å². The molecule has 1 unspecified atom stereocenters. The average molecular weight is 289 g/mol. The Labute approximate surface area is 126 Å². The molecule has 0 saturated carbocycles. The SMILES string of the molecule is C=C(C)Oc1ccc2c(c1)CCN(C)C2CC(=O)OCC. The average Bonchev–Trinajstić information content (AvgIpc) is 2.41. The third kappa shape index (κ3) is 3.85. The second kappa shape index (κ2) is 6.76. The number of nitrogens with zero attached hydrogens (tertiary/aromatic N) is 1. The van der Waals surface area contributed by atoms with Gasteiger partial charge in [-0.1, -0.05) is 12.6 Å². The molecule has 0 spiro atoms. The highest BCUT2D eigenvalue weighted by atomic mass is 16.5. The van der Waals surface area contributed by atoms with Crippen LogP contribution in [0.2, 0.25) is 0 Å². The van der Waals surface area contributed by atoms with Crippen molar-refractivity contribution in [1.82, 2.24) is 4.90 Å². The number of hydrogen-bond acceptors (Lipinski definition) is 4. The zero-order valence-corrected chi connectivity index (χ0v) is 13.0. The Morgan fingerprint density at radius 3 is 2.90 bits per heavy atom. The molecule has 0 saturated heterocycles. The van der Waals surface area contributed by atoms with Crippen LogP contribution in [0.15, 0.2) is 30.5 Å². The highest BCUT2D eigenvalue weighted by molar-refractivity contribution is 5.70. The maximum absolute atomic E-state index is 11.8. The number of esters is 1. The lowest BCUT2D eigenvalue weighted by Crippen LogP contribution is -2.33. The molecule has 0 amide bonds. The predicted octanol–water partition coefficient (Wildman–Crippen LogP) is 3.08. The first-order valence-corrected chi connectivity index (χ1v) is 7.33. The van der Waals surface area contributed by atoms with E-state index in [2.05, 4.69) is 17.5 Å². The molecule has 1 aliphatic rings. The van der Waals surface area contributed by atoms with Crippen LogP contribution in [0.1, 0.15) is 37.4 Å². The molecule has 114 valence electrons. The summed E-state index contributed by atoms with van der Waals surface area (Å²) in [6.45, 7) is 8.77. The third-order valence-corrected chi connectivity index (χ3v) is 3.70. The lowest BCUT2D eigenvalue weighted by molar-refractivity contribution is -0.144. The van der Waals surface area contributed by atoms with E-state index in [1.165, 1.54) is 11.1 Å². The second-order valence-corrected chi connectivity index (χ2v) is 5.42. The fraction of sp³-hybridized carbons (Fsp3) is 0.471. The first-order chi connectivity index (χ1) is 10.0. The normalized spacial score (nSPS) is 18.0. The fourth-order valence-electron chi connectivity index (χ4n) is 2.72. The van der Waals surface area contributed by atoms with Gasteiger partial charge in [-0.2, -0.15) is 0 Å². The molecule has 1 atom stereocenters. The highest BCUT2D eigenvalue weighted by Crippen LogP contribution is 2.33. The molecule has 0 aromatic heterocycles. The number of rotatable bonds is 5. The number of hydrogen-bond donors (Lipinski definition) is 0. The number of allylic oxidation sites excluding steroid dienone is 1. The summed E-state index contributed by atoms with van der Waals surface area (Å²) in [5.74, 6) is 1.33. The Morgan fingerprint density at radius 1 is 1.48 bits per heavy atom. The maximum atomic E-state index is 11.8. The van der Waals surface area contributed by atoms with Gasteiger partial charge in [-0.15, -0.1) is 0 Å². The van der Waals surface area contributed by atoms with Crippen molar-refractivity contribution >= 4 is 5.97 Å².